The van der Waals surface area contributed by atoms with E-state index in [4.69, 9.17) is 4.74 Å². The maximum atomic E-state index is 13.8. The van der Waals surface area contributed by atoms with Gasteiger partial charge < -0.3 is 19.9 Å². The van der Waals surface area contributed by atoms with Crippen molar-refractivity contribution in [1.29, 1.82) is 0 Å². The lowest BCUT2D eigenvalue weighted by molar-refractivity contribution is 0.109. The number of nitrogens with zero attached hydrogens (tertiary/aromatic N) is 1. The van der Waals surface area contributed by atoms with Crippen molar-refractivity contribution in [1.82, 2.24) is 15.2 Å². The van der Waals surface area contributed by atoms with Crippen molar-refractivity contribution in [2.75, 3.05) is 39.9 Å². The molecule has 2 aliphatic heterocycles. The molecular formula is C20H28FN3O. The highest BCUT2D eigenvalue weighted by molar-refractivity contribution is 5.70. The van der Waals surface area contributed by atoms with E-state index in [1.165, 1.54) is 29.7 Å². The van der Waals surface area contributed by atoms with Gasteiger partial charge in [-0.3, -0.25) is 0 Å². The molecular weight excluding hydrogens is 317 g/mol. The van der Waals surface area contributed by atoms with Gasteiger partial charge in [0.1, 0.15) is 5.83 Å². The zero-order valence-corrected chi connectivity index (χ0v) is 15.0. The molecule has 3 heterocycles. The number of halogens is 1. The largest absolute Gasteiger partial charge is 0.383 e. The van der Waals surface area contributed by atoms with Crippen LogP contribution < -0.4 is 5.32 Å². The van der Waals surface area contributed by atoms with Gasteiger partial charge in [0, 0.05) is 37.0 Å². The van der Waals surface area contributed by atoms with Crippen LogP contribution in [0.15, 0.2) is 11.9 Å². The summed E-state index contributed by atoms with van der Waals surface area (Å²) in [6.07, 6.45) is 9.54. The van der Waals surface area contributed by atoms with E-state index in [1.54, 1.807) is 13.2 Å². The molecule has 3 aliphatic rings. The summed E-state index contributed by atoms with van der Waals surface area (Å²) >= 11 is 0. The molecule has 1 aromatic heterocycles. The van der Waals surface area contributed by atoms with Crippen molar-refractivity contribution >= 4 is 12.2 Å². The Morgan fingerprint density at radius 3 is 2.96 bits per heavy atom. The molecule has 0 spiro atoms. The highest BCUT2D eigenvalue weighted by atomic mass is 19.1. The smallest absolute Gasteiger partial charge is 0.106 e. The first kappa shape index (κ1) is 17.0. The Kier molecular flexibility index (Phi) is 5.06. The second-order valence-corrected chi connectivity index (χ2v) is 7.40. The summed E-state index contributed by atoms with van der Waals surface area (Å²) in [5.74, 6) is 0.572. The van der Waals surface area contributed by atoms with Gasteiger partial charge in [0.15, 0.2) is 0 Å². The zero-order valence-electron chi connectivity index (χ0n) is 15.0. The second kappa shape index (κ2) is 7.44. The maximum Gasteiger partial charge on any atom is 0.106 e. The van der Waals surface area contributed by atoms with Crippen molar-refractivity contribution in [3.05, 3.63) is 34.4 Å². The average molecular weight is 345 g/mol. The minimum Gasteiger partial charge on any atom is -0.383 e. The van der Waals surface area contributed by atoms with E-state index in [9.17, 15) is 4.39 Å². The highest BCUT2D eigenvalue weighted by Gasteiger charge is 2.33. The third-order valence-electron chi connectivity index (χ3n) is 5.87. The number of likely N-dealkylation sites (tertiary alicyclic amines) is 1. The molecule has 0 amide bonds. The molecule has 2 N–H and O–H groups in total. The van der Waals surface area contributed by atoms with Gasteiger partial charge >= 0.3 is 0 Å². The third-order valence-corrected chi connectivity index (χ3v) is 5.87. The Balaban J connectivity index is 1.52. The number of nitrogens with one attached hydrogen (secondary N) is 2. The topological polar surface area (TPSA) is 40.3 Å². The van der Waals surface area contributed by atoms with Crippen LogP contribution in [0.4, 0.5) is 4.39 Å². The number of hydrogen-bond acceptors (Lipinski definition) is 3. The number of methoxy groups -OCH3 is 1. The van der Waals surface area contributed by atoms with Crippen molar-refractivity contribution in [3.8, 4) is 0 Å². The molecule has 1 atom stereocenters. The molecule has 1 saturated heterocycles. The van der Waals surface area contributed by atoms with Crippen molar-refractivity contribution < 1.29 is 9.13 Å². The first-order chi connectivity index (χ1) is 12.3. The summed E-state index contributed by atoms with van der Waals surface area (Å²) in [5, 5.41) is 3.73. The summed E-state index contributed by atoms with van der Waals surface area (Å²) in [6, 6.07) is 0.366. The Bertz CT molecular complexity index is 671. The maximum absolute atomic E-state index is 13.8. The SMILES string of the molecule is COCCN1CCC(C2NCCc3c2[nH]c2c3C=CCC(F)=C2)CC1. The zero-order chi connectivity index (χ0) is 17.2. The summed E-state index contributed by atoms with van der Waals surface area (Å²) < 4.78 is 19.0. The molecule has 0 aromatic carbocycles. The number of piperidine rings is 1. The Morgan fingerprint density at radius 2 is 2.16 bits per heavy atom. The van der Waals surface area contributed by atoms with Gasteiger partial charge in [-0.15, -0.1) is 0 Å². The molecule has 0 bridgehead atoms. The molecule has 136 valence electrons. The number of ether oxygens (including phenoxy) is 1. The minimum absolute atomic E-state index is 0.0652. The summed E-state index contributed by atoms with van der Waals surface area (Å²) in [5.41, 5.74) is 4.83. The van der Waals surface area contributed by atoms with E-state index in [2.05, 4.69) is 21.3 Å². The number of allylic oxidation sites excluding steroid dienone is 2. The summed E-state index contributed by atoms with van der Waals surface area (Å²) in [7, 11) is 1.77. The fraction of sp³-hybridized carbons (Fsp3) is 0.600. The quantitative estimate of drug-likeness (QED) is 0.880. The van der Waals surface area contributed by atoms with Crippen LogP contribution in [0.5, 0.6) is 0 Å². The van der Waals surface area contributed by atoms with Crippen LogP contribution in [-0.2, 0) is 11.2 Å². The molecule has 0 radical (unpaired) electrons. The second-order valence-electron chi connectivity index (χ2n) is 7.40. The standard InChI is InChI=1S/C20H28FN3O/c1-25-12-11-24-9-6-14(7-10-24)19-20-17(5-8-22-19)16-4-2-3-15(21)13-18(16)23-20/h2,4,13-14,19,22-23H,3,5-12H2,1H3. The molecule has 4 nitrogen and oxygen atoms in total. The molecule has 1 fully saturated rings. The van der Waals surface area contributed by atoms with Gasteiger partial charge in [-0.2, -0.15) is 0 Å². The van der Waals surface area contributed by atoms with Gasteiger partial charge in [-0.1, -0.05) is 12.2 Å². The molecule has 0 saturated carbocycles. The third kappa shape index (κ3) is 3.46. The van der Waals surface area contributed by atoms with Gasteiger partial charge in [0.25, 0.3) is 0 Å². The van der Waals surface area contributed by atoms with Gasteiger partial charge in [-0.25, -0.2) is 4.39 Å². The molecule has 5 heteroatoms. The van der Waals surface area contributed by atoms with Crippen molar-refractivity contribution in [2.45, 2.75) is 31.7 Å². The van der Waals surface area contributed by atoms with E-state index in [0.717, 1.165) is 44.9 Å². The first-order valence-corrected chi connectivity index (χ1v) is 9.48. The number of hydrogen-bond donors (Lipinski definition) is 2. The highest BCUT2D eigenvalue weighted by Crippen LogP contribution is 2.38. The van der Waals surface area contributed by atoms with Crippen LogP contribution in [0.1, 0.15) is 47.8 Å². The van der Waals surface area contributed by atoms with Crippen molar-refractivity contribution in [3.63, 3.8) is 0 Å². The monoisotopic (exact) mass is 345 g/mol. The van der Waals surface area contributed by atoms with Crippen LogP contribution in [0.25, 0.3) is 12.2 Å². The molecule has 4 rings (SSSR count). The van der Waals surface area contributed by atoms with Crippen LogP contribution in [0.2, 0.25) is 0 Å². The number of fused-ring (bicyclic) bond motifs is 3. The Labute approximate surface area is 149 Å². The van der Waals surface area contributed by atoms with Crippen LogP contribution in [0.3, 0.4) is 0 Å². The first-order valence-electron chi connectivity index (χ1n) is 9.48. The summed E-state index contributed by atoms with van der Waals surface area (Å²) in [6.45, 7) is 5.11. The number of H-pyrrole nitrogens is 1. The number of aromatic nitrogens is 1. The number of aromatic amines is 1. The van der Waals surface area contributed by atoms with Crippen LogP contribution in [-0.4, -0.2) is 49.8 Å². The lowest BCUT2D eigenvalue weighted by Crippen LogP contribution is -2.42. The van der Waals surface area contributed by atoms with E-state index in [1.807, 2.05) is 6.08 Å². The lowest BCUT2D eigenvalue weighted by Gasteiger charge is -2.38. The van der Waals surface area contributed by atoms with Crippen molar-refractivity contribution in [2.24, 2.45) is 5.92 Å². The molecule has 1 aliphatic carbocycles. The van der Waals surface area contributed by atoms with Gasteiger partial charge in [0.05, 0.1) is 12.6 Å². The lowest BCUT2D eigenvalue weighted by atomic mass is 9.83. The predicted molar refractivity (Wildman–Crippen MR) is 99.0 cm³/mol. The van der Waals surface area contributed by atoms with Gasteiger partial charge in [-0.05, 0) is 56.5 Å². The fourth-order valence-electron chi connectivity index (χ4n) is 4.53. The number of rotatable bonds is 4. The van der Waals surface area contributed by atoms with E-state index in [0.29, 0.717) is 18.4 Å². The fourth-order valence-corrected chi connectivity index (χ4v) is 4.53. The van der Waals surface area contributed by atoms with E-state index < -0.39 is 0 Å². The predicted octanol–water partition coefficient (Wildman–Crippen LogP) is 3.29. The van der Waals surface area contributed by atoms with E-state index >= 15 is 0 Å². The Hall–Kier alpha value is -1.43. The Morgan fingerprint density at radius 1 is 1.32 bits per heavy atom. The normalized spacial score (nSPS) is 24.6. The van der Waals surface area contributed by atoms with Gasteiger partial charge in [0.2, 0.25) is 0 Å². The molecule has 1 unspecified atom stereocenters. The minimum atomic E-state index is -0.0652. The summed E-state index contributed by atoms with van der Waals surface area (Å²) in [4.78, 5) is 6.05. The van der Waals surface area contributed by atoms with E-state index in [-0.39, 0.29) is 5.83 Å². The molecule has 25 heavy (non-hydrogen) atoms. The van der Waals surface area contributed by atoms with Crippen LogP contribution in [0, 0.1) is 5.92 Å². The molecule has 1 aromatic rings. The average Bonchev–Trinajstić information content (AvgIpc) is 2.87. The van der Waals surface area contributed by atoms with Crippen LogP contribution >= 0.6 is 0 Å².